The molecule has 1 aliphatic heterocycles. The smallest absolute Gasteiger partial charge is 0.290 e. The highest BCUT2D eigenvalue weighted by Crippen LogP contribution is 2.29. The van der Waals surface area contributed by atoms with Gasteiger partial charge in [-0.25, -0.2) is 13.2 Å². The third-order valence-corrected chi connectivity index (χ3v) is 7.11. The molecule has 1 unspecified atom stereocenters. The largest absolute Gasteiger partial charge is 0.483 e. The quantitative estimate of drug-likeness (QED) is 0.0339. The van der Waals surface area contributed by atoms with E-state index in [9.17, 15) is 45.9 Å². The Morgan fingerprint density at radius 1 is 0.877 bits per heavy atom. The van der Waals surface area contributed by atoms with Crippen molar-refractivity contribution in [1.29, 1.82) is 0 Å². The highest BCUT2D eigenvalue weighted by Gasteiger charge is 2.27. The first-order chi connectivity index (χ1) is 27.1. The molecule has 2 aromatic carbocycles. The number of nitrogens with zero attached hydrogens (tertiary/aromatic N) is 1. The third kappa shape index (κ3) is 21.1. The molecule has 57 heavy (non-hydrogen) atoms. The van der Waals surface area contributed by atoms with Crippen LogP contribution in [0.1, 0.15) is 58.4 Å². The van der Waals surface area contributed by atoms with Crippen molar-refractivity contribution in [3.8, 4) is 5.75 Å². The average molecular weight is 819 g/mol. The minimum atomic E-state index is -2.21. The number of carbonyl (C=O) groups is 7. The van der Waals surface area contributed by atoms with Crippen LogP contribution in [0.4, 0.5) is 27.6 Å². The van der Waals surface area contributed by atoms with Gasteiger partial charge in [0.05, 0.1) is 6.54 Å². The minimum Gasteiger partial charge on any atom is -0.483 e. The zero-order valence-electron chi connectivity index (χ0n) is 32.3. The van der Waals surface area contributed by atoms with Crippen molar-refractivity contribution < 1.29 is 65.4 Å². The number of nitrogens with two attached hydrogens (primary N) is 1. The summed E-state index contributed by atoms with van der Waals surface area (Å²) in [5.74, 6) is -12.9. The summed E-state index contributed by atoms with van der Waals surface area (Å²) >= 11 is 0. The van der Waals surface area contributed by atoms with Crippen LogP contribution in [0.2, 0.25) is 0 Å². The van der Waals surface area contributed by atoms with E-state index in [1.165, 1.54) is 23.5 Å². The van der Waals surface area contributed by atoms with Gasteiger partial charge < -0.3 is 41.6 Å². The molecule has 0 bridgehead atoms. The molecule has 2 aromatic rings. The van der Waals surface area contributed by atoms with Crippen molar-refractivity contribution in [3.05, 3.63) is 71.1 Å². The lowest BCUT2D eigenvalue weighted by atomic mass is 10.0. The van der Waals surface area contributed by atoms with Crippen LogP contribution < -0.4 is 31.7 Å². The van der Waals surface area contributed by atoms with Crippen LogP contribution >= 0.6 is 0 Å². The van der Waals surface area contributed by atoms with Crippen molar-refractivity contribution in [2.75, 3.05) is 39.0 Å². The molecule has 7 N–H and O–H groups in total. The molecule has 0 aromatic heterocycles. The Morgan fingerprint density at radius 2 is 1.39 bits per heavy atom. The molecule has 1 heterocycles. The van der Waals surface area contributed by atoms with E-state index in [0.717, 1.165) is 12.2 Å². The van der Waals surface area contributed by atoms with E-state index in [2.05, 4.69) is 33.9 Å². The van der Waals surface area contributed by atoms with Gasteiger partial charge in [-0.1, -0.05) is 39.3 Å². The monoisotopic (exact) mass is 818 g/mol. The number of imide groups is 1. The predicted octanol–water partition coefficient (Wildman–Crippen LogP) is 3.35. The molecule has 318 valence electrons. The van der Waals surface area contributed by atoms with E-state index in [4.69, 9.17) is 19.4 Å². The first-order valence-corrected chi connectivity index (χ1v) is 17.4. The van der Waals surface area contributed by atoms with Crippen LogP contribution in [0.3, 0.4) is 0 Å². The lowest BCUT2D eigenvalue weighted by Gasteiger charge is -2.21. The number of anilines is 1. The summed E-state index contributed by atoms with van der Waals surface area (Å²) in [5.41, 5.74) is 5.48. The summed E-state index contributed by atoms with van der Waals surface area (Å²) in [6.07, 6.45) is 6.72. The van der Waals surface area contributed by atoms with Crippen LogP contribution in [0, 0.1) is 35.0 Å². The van der Waals surface area contributed by atoms with E-state index in [1.54, 1.807) is 31.3 Å². The number of ether oxygens (including phenoxy) is 1. The first-order valence-electron chi connectivity index (χ1n) is 17.4. The van der Waals surface area contributed by atoms with Gasteiger partial charge in [0.15, 0.2) is 5.75 Å². The van der Waals surface area contributed by atoms with Crippen LogP contribution in [0.15, 0.2) is 36.4 Å². The molecule has 15 nitrogen and oxygen atoms in total. The van der Waals surface area contributed by atoms with E-state index < -0.39 is 40.9 Å². The van der Waals surface area contributed by atoms with Crippen molar-refractivity contribution in [3.63, 3.8) is 0 Å². The summed E-state index contributed by atoms with van der Waals surface area (Å²) in [5, 5.41) is 17.9. The molecular weight excluding hydrogens is 767 g/mol. The van der Waals surface area contributed by atoms with E-state index >= 15 is 0 Å². The fourth-order valence-corrected chi connectivity index (χ4v) is 4.30. The summed E-state index contributed by atoms with van der Waals surface area (Å²) in [6, 6.07) is 5.86. The molecule has 0 saturated heterocycles. The number of primary amides is 1. The Bertz CT molecular complexity index is 1540. The lowest BCUT2D eigenvalue weighted by molar-refractivity contribution is -0.137. The highest BCUT2D eigenvalue weighted by atomic mass is 19.2. The summed E-state index contributed by atoms with van der Waals surface area (Å²) in [6.45, 7) is 6.58. The number of aldehydes is 1. The SMILES string of the molecule is CC(C)C(NC(=O)CCCCCN1C(=O)C=CC1=O)C(=O)NCC=O.CCCNC.CNc1ccc(COc2c(F)c(F)c(F)c(F)c2F)cc1.NC=O.O=CO. The number of unbranched alkanes of at least 4 members (excludes halogenated alkanes) is 2. The first kappa shape index (κ1) is 53.2. The topological polar surface area (TPSA) is 226 Å². The molecule has 1 atom stereocenters. The number of hydrogen-bond donors (Lipinski definition) is 6. The Kier molecular flexibility index (Phi) is 29.2. The summed E-state index contributed by atoms with van der Waals surface area (Å²) in [4.78, 5) is 75.1. The molecule has 20 heteroatoms. The van der Waals surface area contributed by atoms with Gasteiger partial charge >= 0.3 is 0 Å². The summed E-state index contributed by atoms with van der Waals surface area (Å²) < 4.78 is 70.3. The predicted molar refractivity (Wildman–Crippen MR) is 200 cm³/mol. The van der Waals surface area contributed by atoms with Crippen molar-refractivity contribution in [2.24, 2.45) is 11.7 Å². The van der Waals surface area contributed by atoms with Gasteiger partial charge in [-0.2, -0.15) is 8.78 Å². The van der Waals surface area contributed by atoms with Gasteiger partial charge in [-0.15, -0.1) is 0 Å². The third-order valence-electron chi connectivity index (χ3n) is 7.11. The molecule has 5 amide bonds. The molecule has 1 aliphatic rings. The maximum absolute atomic E-state index is 13.4. The number of carboxylic acid groups (broad SMARTS) is 1. The zero-order valence-corrected chi connectivity index (χ0v) is 32.3. The maximum Gasteiger partial charge on any atom is 0.290 e. The van der Waals surface area contributed by atoms with Crippen molar-refractivity contribution >= 4 is 48.5 Å². The van der Waals surface area contributed by atoms with Crippen LogP contribution in [0.5, 0.6) is 5.75 Å². The summed E-state index contributed by atoms with van der Waals surface area (Å²) in [7, 11) is 3.67. The Labute approximate surface area is 327 Å². The van der Waals surface area contributed by atoms with Gasteiger partial charge in [0.2, 0.25) is 47.3 Å². The highest BCUT2D eigenvalue weighted by molar-refractivity contribution is 6.12. The van der Waals surface area contributed by atoms with Gasteiger partial charge in [-0.3, -0.25) is 33.7 Å². The second-order valence-corrected chi connectivity index (χ2v) is 11.7. The van der Waals surface area contributed by atoms with Crippen molar-refractivity contribution in [2.45, 2.75) is 65.5 Å². The standard InChI is InChI=1S/C17H25N3O5.C14H10F5NO.C4H11N.CH3NO.CH2O2/c1-12(2)16(17(25)18-9-11-21)19-13(22)6-4-3-5-10-20-14(23)7-8-15(20)24;1-20-8-4-2-7(3-5-8)6-21-14-12(18)10(16)9(15)11(17)13(14)19;1-3-4-5-2;2*2-1-3/h7-8,11-12,16H,3-6,9-10H2,1-2H3,(H,18,25)(H,19,22);2-5,20H,6H2,1H3;5H,3-4H2,1-2H3;1H,(H2,2,3);1H,(H,2,3). The Balaban J connectivity index is 0. The molecule has 0 saturated carbocycles. The molecule has 0 aliphatic carbocycles. The number of benzene rings is 2. The second kappa shape index (κ2) is 31.3. The van der Waals surface area contributed by atoms with Crippen LogP contribution in [0.25, 0.3) is 0 Å². The molecule has 0 spiro atoms. The van der Waals surface area contributed by atoms with Gasteiger partial charge in [0, 0.05) is 37.9 Å². The zero-order chi connectivity index (χ0) is 43.9. The molecular formula is C37H51F5N6O9. The number of halogens is 5. The second-order valence-electron chi connectivity index (χ2n) is 11.7. The molecule has 3 rings (SSSR count). The van der Waals surface area contributed by atoms with Gasteiger partial charge in [0.1, 0.15) is 18.9 Å². The fraction of sp³-hybridized carbons (Fsp3) is 0.432. The minimum absolute atomic E-state index is 0.0826. The van der Waals surface area contributed by atoms with Crippen molar-refractivity contribution in [1.82, 2.24) is 20.9 Å². The number of rotatable bonds is 17. The average Bonchev–Trinajstić information content (AvgIpc) is 3.51. The van der Waals surface area contributed by atoms with Crippen LogP contribution in [-0.2, 0) is 40.2 Å². The Hall–Kier alpha value is -5.92. The number of carbonyl (C=O) groups excluding carboxylic acids is 6. The number of amides is 5. The Morgan fingerprint density at radius 3 is 1.81 bits per heavy atom. The van der Waals surface area contributed by atoms with E-state index in [0.29, 0.717) is 37.7 Å². The maximum atomic E-state index is 13.4. The number of hydrogen-bond acceptors (Lipinski definition) is 10. The number of nitrogens with one attached hydrogen (secondary N) is 4. The van der Waals surface area contributed by atoms with E-state index in [-0.39, 0.29) is 62.0 Å². The van der Waals surface area contributed by atoms with E-state index in [1.807, 2.05) is 20.9 Å². The fourth-order valence-electron chi connectivity index (χ4n) is 4.30. The van der Waals surface area contributed by atoms with Gasteiger partial charge in [0.25, 0.3) is 18.3 Å². The molecule has 0 fully saturated rings. The lowest BCUT2D eigenvalue weighted by Crippen LogP contribution is -2.50. The molecule has 0 radical (unpaired) electrons. The normalized spacial score (nSPS) is 11.5. The van der Waals surface area contributed by atoms with Gasteiger partial charge in [-0.05, 0) is 56.5 Å². The van der Waals surface area contributed by atoms with Crippen LogP contribution in [-0.4, -0.2) is 92.6 Å².